The Morgan fingerprint density at radius 1 is 1.33 bits per heavy atom. The highest BCUT2D eigenvalue weighted by atomic mass is 14.3. The first-order chi connectivity index (χ1) is 5.75. The fourth-order valence-corrected chi connectivity index (χ4v) is 1.15. The van der Waals surface area contributed by atoms with Gasteiger partial charge in [-0.3, -0.25) is 0 Å². The smallest absolute Gasteiger partial charge is 0.0159 e. The Hall–Kier alpha value is -0.780. The van der Waals surface area contributed by atoms with Gasteiger partial charge in [0.15, 0.2) is 0 Å². The minimum atomic E-state index is 0.801. The van der Waals surface area contributed by atoms with Crippen molar-refractivity contribution in [1.29, 1.82) is 0 Å². The summed E-state index contributed by atoms with van der Waals surface area (Å²) >= 11 is 0. The van der Waals surface area contributed by atoms with Crippen molar-refractivity contribution in [2.45, 2.75) is 33.6 Å². The molecule has 0 aliphatic heterocycles. The Labute approximate surface area is 76.7 Å². The van der Waals surface area contributed by atoms with Gasteiger partial charge in [0.2, 0.25) is 0 Å². The van der Waals surface area contributed by atoms with Crippen LogP contribution in [0.2, 0.25) is 0 Å². The van der Waals surface area contributed by atoms with Crippen LogP contribution >= 0.6 is 0 Å². The molecule has 12 heavy (non-hydrogen) atoms. The standard InChI is InChI=1S/C10H14.C2H6/c1-4-5-10(8(2)3)9-6-7-9;1-2/h4-5,9H,1-2,6-7H2,3H3;1-2H3/b10-5+;. The van der Waals surface area contributed by atoms with Gasteiger partial charge in [-0.2, -0.15) is 0 Å². The van der Waals surface area contributed by atoms with Crippen molar-refractivity contribution in [2.75, 3.05) is 0 Å². The molecule has 1 aliphatic carbocycles. The van der Waals surface area contributed by atoms with Gasteiger partial charge in [-0.1, -0.05) is 44.7 Å². The lowest BCUT2D eigenvalue weighted by Gasteiger charge is -2.01. The average molecular weight is 164 g/mol. The second-order valence-corrected chi connectivity index (χ2v) is 2.91. The van der Waals surface area contributed by atoms with E-state index >= 15 is 0 Å². The molecule has 1 rings (SSSR count). The van der Waals surface area contributed by atoms with Gasteiger partial charge >= 0.3 is 0 Å². The zero-order chi connectivity index (χ0) is 9.56. The fourth-order valence-electron chi connectivity index (χ4n) is 1.15. The van der Waals surface area contributed by atoms with Crippen LogP contribution in [-0.2, 0) is 0 Å². The Kier molecular flexibility index (Phi) is 5.44. The molecule has 1 fully saturated rings. The van der Waals surface area contributed by atoms with Crippen molar-refractivity contribution >= 4 is 0 Å². The minimum Gasteiger partial charge on any atom is -0.0991 e. The summed E-state index contributed by atoms with van der Waals surface area (Å²) in [6.45, 7) is 13.7. The lowest BCUT2D eigenvalue weighted by atomic mass is 10.0. The van der Waals surface area contributed by atoms with Crippen LogP contribution in [-0.4, -0.2) is 0 Å². The van der Waals surface area contributed by atoms with E-state index in [4.69, 9.17) is 0 Å². The predicted molar refractivity (Wildman–Crippen MR) is 57.2 cm³/mol. The molecule has 0 unspecified atom stereocenters. The maximum atomic E-state index is 3.92. The van der Waals surface area contributed by atoms with E-state index in [-0.39, 0.29) is 0 Å². The van der Waals surface area contributed by atoms with Crippen LogP contribution in [0.1, 0.15) is 33.6 Å². The van der Waals surface area contributed by atoms with Crippen molar-refractivity contribution in [3.05, 3.63) is 36.5 Å². The monoisotopic (exact) mass is 164 g/mol. The van der Waals surface area contributed by atoms with Gasteiger partial charge in [-0.15, -0.1) is 0 Å². The summed E-state index contributed by atoms with van der Waals surface area (Å²) in [5, 5.41) is 0. The lowest BCUT2D eigenvalue weighted by Crippen LogP contribution is -1.84. The third kappa shape index (κ3) is 3.56. The van der Waals surface area contributed by atoms with E-state index in [9.17, 15) is 0 Å². The number of rotatable bonds is 3. The lowest BCUT2D eigenvalue weighted by molar-refractivity contribution is 1.02. The summed E-state index contributed by atoms with van der Waals surface area (Å²) in [5.74, 6) is 0.801. The highest BCUT2D eigenvalue weighted by Gasteiger charge is 2.25. The fraction of sp³-hybridized carbons (Fsp3) is 0.500. The highest BCUT2D eigenvalue weighted by molar-refractivity contribution is 5.34. The Morgan fingerprint density at radius 3 is 2.08 bits per heavy atom. The van der Waals surface area contributed by atoms with Crippen molar-refractivity contribution in [1.82, 2.24) is 0 Å². The first-order valence-electron chi connectivity index (χ1n) is 4.74. The molecule has 0 aromatic heterocycles. The highest BCUT2D eigenvalue weighted by Crippen LogP contribution is 2.39. The zero-order valence-electron chi connectivity index (χ0n) is 8.56. The second-order valence-electron chi connectivity index (χ2n) is 2.91. The van der Waals surface area contributed by atoms with Crippen molar-refractivity contribution in [2.24, 2.45) is 5.92 Å². The van der Waals surface area contributed by atoms with Crippen LogP contribution in [0.25, 0.3) is 0 Å². The van der Waals surface area contributed by atoms with Crippen LogP contribution in [0.4, 0.5) is 0 Å². The molecule has 0 N–H and O–H groups in total. The molecule has 1 saturated carbocycles. The van der Waals surface area contributed by atoms with E-state index in [2.05, 4.69) is 26.2 Å². The van der Waals surface area contributed by atoms with E-state index in [1.54, 1.807) is 0 Å². The van der Waals surface area contributed by atoms with E-state index < -0.39 is 0 Å². The Morgan fingerprint density at radius 2 is 1.83 bits per heavy atom. The SMILES string of the molecule is C=C/C=C(\C(=C)C)C1CC1.CC. The Balaban J connectivity index is 0.000000561. The largest absolute Gasteiger partial charge is 0.0991 e. The number of allylic oxidation sites excluding steroid dienone is 4. The molecule has 0 atom stereocenters. The molecule has 0 bridgehead atoms. The molecule has 0 saturated heterocycles. The summed E-state index contributed by atoms with van der Waals surface area (Å²) in [6.07, 6.45) is 6.61. The third-order valence-corrected chi connectivity index (χ3v) is 1.81. The number of hydrogen-bond donors (Lipinski definition) is 0. The second kappa shape index (κ2) is 5.82. The van der Waals surface area contributed by atoms with E-state index in [1.165, 1.54) is 24.0 Å². The molecule has 68 valence electrons. The van der Waals surface area contributed by atoms with Crippen molar-refractivity contribution < 1.29 is 0 Å². The molecule has 0 aromatic rings. The van der Waals surface area contributed by atoms with E-state index in [0.717, 1.165) is 5.92 Å². The van der Waals surface area contributed by atoms with Gasteiger partial charge < -0.3 is 0 Å². The first-order valence-corrected chi connectivity index (χ1v) is 4.74. The van der Waals surface area contributed by atoms with Crippen LogP contribution in [0.5, 0.6) is 0 Å². The van der Waals surface area contributed by atoms with E-state index in [0.29, 0.717) is 0 Å². The summed E-state index contributed by atoms with van der Waals surface area (Å²) in [4.78, 5) is 0. The summed E-state index contributed by atoms with van der Waals surface area (Å²) < 4.78 is 0. The number of hydrogen-bond acceptors (Lipinski definition) is 0. The molecule has 0 heterocycles. The van der Waals surface area contributed by atoms with Crippen molar-refractivity contribution in [3.8, 4) is 0 Å². The Bertz CT molecular complexity index is 180. The van der Waals surface area contributed by atoms with Gasteiger partial charge in [-0.25, -0.2) is 0 Å². The topological polar surface area (TPSA) is 0 Å². The van der Waals surface area contributed by atoms with Gasteiger partial charge in [0.05, 0.1) is 0 Å². The van der Waals surface area contributed by atoms with Gasteiger partial charge in [0.25, 0.3) is 0 Å². The van der Waals surface area contributed by atoms with Gasteiger partial charge in [-0.05, 0) is 31.3 Å². The van der Waals surface area contributed by atoms with Crippen LogP contribution in [0.3, 0.4) is 0 Å². The molecule has 0 amide bonds. The minimum absolute atomic E-state index is 0.801. The van der Waals surface area contributed by atoms with Crippen LogP contribution in [0.15, 0.2) is 36.5 Å². The van der Waals surface area contributed by atoms with Crippen LogP contribution < -0.4 is 0 Å². The molecular formula is C12H20. The maximum absolute atomic E-state index is 3.92. The summed E-state index contributed by atoms with van der Waals surface area (Å²) in [7, 11) is 0. The summed E-state index contributed by atoms with van der Waals surface area (Å²) in [5.41, 5.74) is 2.59. The quantitative estimate of drug-likeness (QED) is 0.551. The molecular weight excluding hydrogens is 144 g/mol. The van der Waals surface area contributed by atoms with Gasteiger partial charge in [0, 0.05) is 0 Å². The first kappa shape index (κ1) is 11.2. The van der Waals surface area contributed by atoms with E-state index in [1.807, 2.05) is 19.9 Å². The van der Waals surface area contributed by atoms with Crippen LogP contribution in [0, 0.1) is 5.92 Å². The molecule has 0 radical (unpaired) electrons. The molecule has 0 heteroatoms. The molecule has 0 aromatic carbocycles. The normalized spacial score (nSPS) is 16.1. The van der Waals surface area contributed by atoms with Crippen molar-refractivity contribution in [3.63, 3.8) is 0 Å². The van der Waals surface area contributed by atoms with Gasteiger partial charge in [0.1, 0.15) is 0 Å². The molecule has 1 aliphatic rings. The molecule has 0 spiro atoms. The maximum Gasteiger partial charge on any atom is -0.0159 e. The average Bonchev–Trinajstić information content (AvgIpc) is 2.86. The zero-order valence-corrected chi connectivity index (χ0v) is 8.56. The third-order valence-electron chi connectivity index (χ3n) is 1.81. The molecule has 0 nitrogen and oxygen atoms in total. The predicted octanol–water partition coefficient (Wildman–Crippen LogP) is 4.11. The summed E-state index contributed by atoms with van der Waals surface area (Å²) in [6, 6.07) is 0.